The van der Waals surface area contributed by atoms with E-state index in [9.17, 15) is 0 Å². The second-order valence-electron chi connectivity index (χ2n) is 4.75. The molecular formula is C12H22N2S2. The number of nitrogens with one attached hydrogen (secondary N) is 1. The molecule has 0 aromatic carbocycles. The van der Waals surface area contributed by atoms with Crippen molar-refractivity contribution in [3.63, 3.8) is 0 Å². The summed E-state index contributed by atoms with van der Waals surface area (Å²) >= 11 is 3.70. The topological polar surface area (TPSA) is 24.9 Å². The lowest BCUT2D eigenvalue weighted by molar-refractivity contribution is 0.526. The Morgan fingerprint density at radius 3 is 2.50 bits per heavy atom. The van der Waals surface area contributed by atoms with Crippen LogP contribution in [0, 0.1) is 13.8 Å². The van der Waals surface area contributed by atoms with Crippen molar-refractivity contribution in [3.8, 4) is 0 Å². The Bertz CT molecular complexity index is 345. The van der Waals surface area contributed by atoms with Gasteiger partial charge in [-0.25, -0.2) is 4.98 Å². The van der Waals surface area contributed by atoms with Gasteiger partial charge < -0.3 is 5.32 Å². The summed E-state index contributed by atoms with van der Waals surface area (Å²) in [5, 5.41) is 4.75. The van der Waals surface area contributed by atoms with Crippen molar-refractivity contribution in [1.29, 1.82) is 0 Å². The van der Waals surface area contributed by atoms with E-state index in [0.717, 1.165) is 11.6 Å². The zero-order valence-electron chi connectivity index (χ0n) is 11.0. The van der Waals surface area contributed by atoms with Gasteiger partial charge in [-0.1, -0.05) is 0 Å². The van der Waals surface area contributed by atoms with Crippen molar-refractivity contribution in [2.24, 2.45) is 0 Å². The molecule has 0 radical (unpaired) electrons. The molecule has 0 aliphatic rings. The maximum atomic E-state index is 4.47. The van der Waals surface area contributed by atoms with E-state index in [2.05, 4.69) is 51.2 Å². The molecule has 1 aromatic rings. The van der Waals surface area contributed by atoms with Crippen LogP contribution in [0.25, 0.3) is 0 Å². The van der Waals surface area contributed by atoms with Crippen molar-refractivity contribution in [2.45, 2.75) is 45.4 Å². The summed E-state index contributed by atoms with van der Waals surface area (Å²) in [6, 6.07) is 0.401. The Hall–Kier alpha value is -0.0600. The van der Waals surface area contributed by atoms with Crippen LogP contribution in [0.2, 0.25) is 0 Å². The number of aryl methyl sites for hydroxylation is 2. The highest BCUT2D eigenvalue weighted by Crippen LogP contribution is 2.26. The van der Waals surface area contributed by atoms with E-state index in [-0.39, 0.29) is 0 Å². The maximum Gasteiger partial charge on any atom is 0.0900 e. The van der Waals surface area contributed by atoms with E-state index >= 15 is 0 Å². The third-order valence-corrected chi connectivity index (χ3v) is 5.22. The number of aromatic nitrogens is 1. The number of thiazole rings is 1. The summed E-state index contributed by atoms with van der Waals surface area (Å²) in [5.74, 6) is 0. The highest BCUT2D eigenvalue weighted by atomic mass is 32.2. The van der Waals surface area contributed by atoms with Gasteiger partial charge in [0.2, 0.25) is 0 Å². The molecule has 0 fully saturated rings. The molecule has 0 saturated carbocycles. The second-order valence-corrected chi connectivity index (χ2v) is 7.50. The maximum absolute atomic E-state index is 4.47. The number of hydrogen-bond donors (Lipinski definition) is 1. The standard InChI is InChI=1S/C12H22N2S2/c1-8(13-7-12(4,5)15-6)11-9(2)14-10(3)16-11/h8,13H,7H2,1-6H3. The van der Waals surface area contributed by atoms with Gasteiger partial charge in [0, 0.05) is 22.2 Å². The normalized spacial score (nSPS) is 14.1. The quantitative estimate of drug-likeness (QED) is 0.874. The van der Waals surface area contributed by atoms with Crippen LogP contribution in [0.4, 0.5) is 0 Å². The van der Waals surface area contributed by atoms with Crippen LogP contribution in [0.1, 0.15) is 42.4 Å². The average Bonchev–Trinajstić information content (AvgIpc) is 2.54. The molecule has 1 unspecified atom stereocenters. The number of rotatable bonds is 5. The molecule has 0 aliphatic heterocycles. The van der Waals surface area contributed by atoms with Gasteiger partial charge >= 0.3 is 0 Å². The fraction of sp³-hybridized carbons (Fsp3) is 0.750. The van der Waals surface area contributed by atoms with Crippen molar-refractivity contribution >= 4 is 23.1 Å². The van der Waals surface area contributed by atoms with Gasteiger partial charge in [-0.15, -0.1) is 11.3 Å². The minimum absolute atomic E-state index is 0.294. The molecule has 1 N–H and O–H groups in total. The third kappa shape index (κ3) is 3.75. The van der Waals surface area contributed by atoms with Crippen LogP contribution in [0.5, 0.6) is 0 Å². The van der Waals surface area contributed by atoms with Gasteiger partial charge in [0.1, 0.15) is 0 Å². The Morgan fingerprint density at radius 1 is 1.44 bits per heavy atom. The molecular weight excluding hydrogens is 236 g/mol. The molecule has 1 rings (SSSR count). The Balaban J connectivity index is 2.59. The fourth-order valence-electron chi connectivity index (χ4n) is 1.51. The van der Waals surface area contributed by atoms with Crippen LogP contribution in [0.15, 0.2) is 0 Å². The molecule has 0 saturated heterocycles. The first-order chi connectivity index (χ1) is 7.35. The minimum atomic E-state index is 0.294. The molecule has 1 heterocycles. The monoisotopic (exact) mass is 258 g/mol. The van der Waals surface area contributed by atoms with E-state index in [0.29, 0.717) is 10.8 Å². The number of thioether (sulfide) groups is 1. The molecule has 92 valence electrons. The summed E-state index contributed by atoms with van der Waals surface area (Å²) in [7, 11) is 0. The lowest BCUT2D eigenvalue weighted by Gasteiger charge is -2.24. The average molecular weight is 258 g/mol. The zero-order chi connectivity index (χ0) is 12.3. The Kier molecular flexibility index (Phi) is 4.83. The SMILES string of the molecule is CSC(C)(C)CNC(C)c1sc(C)nc1C. The van der Waals surface area contributed by atoms with Gasteiger partial charge in [0.05, 0.1) is 10.7 Å². The van der Waals surface area contributed by atoms with Crippen LogP contribution < -0.4 is 5.32 Å². The van der Waals surface area contributed by atoms with Crippen LogP contribution >= 0.6 is 23.1 Å². The Labute approximate surface area is 107 Å². The van der Waals surface area contributed by atoms with Gasteiger partial charge in [0.25, 0.3) is 0 Å². The lowest BCUT2D eigenvalue weighted by atomic mass is 10.1. The molecule has 2 nitrogen and oxygen atoms in total. The molecule has 0 aliphatic carbocycles. The predicted molar refractivity (Wildman–Crippen MR) is 75.6 cm³/mol. The minimum Gasteiger partial charge on any atom is -0.308 e. The summed E-state index contributed by atoms with van der Waals surface area (Å²) in [4.78, 5) is 5.84. The summed E-state index contributed by atoms with van der Waals surface area (Å²) in [5.41, 5.74) is 1.17. The smallest absolute Gasteiger partial charge is 0.0900 e. The molecule has 0 bridgehead atoms. The molecule has 16 heavy (non-hydrogen) atoms. The van der Waals surface area contributed by atoms with Crippen molar-refractivity contribution in [1.82, 2.24) is 10.3 Å². The summed E-state index contributed by atoms with van der Waals surface area (Å²) < 4.78 is 0.294. The van der Waals surface area contributed by atoms with E-state index in [1.807, 2.05) is 11.8 Å². The van der Waals surface area contributed by atoms with Crippen LogP contribution in [-0.2, 0) is 0 Å². The van der Waals surface area contributed by atoms with Crippen LogP contribution in [-0.4, -0.2) is 22.5 Å². The molecule has 4 heteroatoms. The first-order valence-electron chi connectivity index (χ1n) is 5.58. The molecule has 1 atom stereocenters. The largest absolute Gasteiger partial charge is 0.308 e. The summed E-state index contributed by atoms with van der Waals surface area (Å²) in [6.45, 7) is 11.9. The molecule has 1 aromatic heterocycles. The van der Waals surface area contributed by atoms with E-state index in [4.69, 9.17) is 0 Å². The van der Waals surface area contributed by atoms with E-state index < -0.39 is 0 Å². The van der Waals surface area contributed by atoms with Crippen molar-refractivity contribution < 1.29 is 0 Å². The fourth-order valence-corrected chi connectivity index (χ4v) is 2.69. The number of hydrogen-bond acceptors (Lipinski definition) is 4. The lowest BCUT2D eigenvalue weighted by Crippen LogP contribution is -2.33. The second kappa shape index (κ2) is 5.52. The third-order valence-electron chi connectivity index (χ3n) is 2.72. The van der Waals surface area contributed by atoms with Gasteiger partial charge in [0.15, 0.2) is 0 Å². The highest BCUT2D eigenvalue weighted by molar-refractivity contribution is 7.99. The first kappa shape index (κ1) is 14.0. The first-order valence-corrected chi connectivity index (χ1v) is 7.62. The Morgan fingerprint density at radius 2 is 2.06 bits per heavy atom. The van der Waals surface area contributed by atoms with Crippen molar-refractivity contribution in [3.05, 3.63) is 15.6 Å². The van der Waals surface area contributed by atoms with Crippen molar-refractivity contribution in [2.75, 3.05) is 12.8 Å². The molecule has 0 amide bonds. The van der Waals surface area contributed by atoms with E-state index in [1.54, 1.807) is 11.3 Å². The van der Waals surface area contributed by atoms with Gasteiger partial charge in [-0.3, -0.25) is 0 Å². The zero-order valence-corrected chi connectivity index (χ0v) is 12.7. The van der Waals surface area contributed by atoms with Crippen LogP contribution in [0.3, 0.4) is 0 Å². The highest BCUT2D eigenvalue weighted by Gasteiger charge is 2.19. The van der Waals surface area contributed by atoms with Gasteiger partial charge in [-0.2, -0.15) is 11.8 Å². The van der Waals surface area contributed by atoms with Gasteiger partial charge in [-0.05, 0) is 40.9 Å². The number of nitrogens with zero attached hydrogens (tertiary/aromatic N) is 1. The molecule has 0 spiro atoms. The summed E-state index contributed by atoms with van der Waals surface area (Å²) in [6.07, 6.45) is 2.16. The van der Waals surface area contributed by atoms with E-state index in [1.165, 1.54) is 10.6 Å². The predicted octanol–water partition coefficient (Wildman–Crippen LogP) is 3.55.